The second-order valence-corrected chi connectivity index (χ2v) is 13.3. The molecule has 1 atom stereocenters. The van der Waals surface area contributed by atoms with Crippen molar-refractivity contribution in [2.75, 3.05) is 31.1 Å². The lowest BCUT2D eigenvalue weighted by Crippen LogP contribution is -2.55. The normalized spacial score (nSPS) is 17.3. The number of fused-ring (bicyclic) bond motifs is 1. The molecule has 1 unspecified atom stereocenters. The zero-order valence-corrected chi connectivity index (χ0v) is 27.8. The largest absolute Gasteiger partial charge is 0.487 e. The van der Waals surface area contributed by atoms with Gasteiger partial charge in [0, 0.05) is 19.2 Å². The highest BCUT2D eigenvalue weighted by Crippen LogP contribution is 2.43. The van der Waals surface area contributed by atoms with Crippen LogP contribution in [0.3, 0.4) is 0 Å². The number of esters is 1. The molecule has 2 aliphatic rings. The van der Waals surface area contributed by atoms with Crippen LogP contribution in [0.1, 0.15) is 51.7 Å². The Kier molecular flexibility index (Phi) is 10.3. The van der Waals surface area contributed by atoms with E-state index in [0.29, 0.717) is 30.7 Å². The minimum atomic E-state index is -1.05. The molecule has 0 N–H and O–H groups in total. The number of likely N-dealkylation sites (tertiary alicyclic amines) is 1. The van der Waals surface area contributed by atoms with Crippen LogP contribution in [-0.4, -0.2) is 60.8 Å². The van der Waals surface area contributed by atoms with Crippen LogP contribution in [0.4, 0.5) is 14.9 Å². The van der Waals surface area contributed by atoms with Gasteiger partial charge < -0.3 is 23.8 Å². The Morgan fingerprint density at radius 1 is 1.00 bits per heavy atom. The Bertz CT molecular complexity index is 1590. The highest BCUT2D eigenvalue weighted by atomic mass is 35.5. The summed E-state index contributed by atoms with van der Waals surface area (Å²) in [4.78, 5) is 43.7. The maximum Gasteiger partial charge on any atom is 0.415 e. The fourth-order valence-corrected chi connectivity index (χ4v) is 6.05. The molecule has 3 aromatic rings. The number of nitrogens with zero attached hydrogens (tertiary/aromatic N) is 2. The molecule has 0 radical (unpaired) electrons. The number of anilines is 1. The minimum Gasteiger partial charge on any atom is -0.487 e. The van der Waals surface area contributed by atoms with Gasteiger partial charge in [-0.15, -0.1) is 0 Å². The van der Waals surface area contributed by atoms with Crippen LogP contribution in [0.5, 0.6) is 11.5 Å². The minimum absolute atomic E-state index is 0.101. The van der Waals surface area contributed by atoms with Gasteiger partial charge in [-0.3, -0.25) is 14.5 Å². The highest BCUT2D eigenvalue weighted by molar-refractivity contribution is 6.32. The van der Waals surface area contributed by atoms with Crippen LogP contribution >= 0.6 is 11.6 Å². The summed E-state index contributed by atoms with van der Waals surface area (Å²) in [6.45, 7) is 7.95. The van der Waals surface area contributed by atoms with E-state index in [1.165, 1.54) is 17.0 Å². The molecule has 0 aromatic heterocycles. The number of amides is 2. The van der Waals surface area contributed by atoms with Crippen molar-refractivity contribution in [2.45, 2.75) is 65.3 Å². The van der Waals surface area contributed by atoms with Gasteiger partial charge in [0.05, 0.1) is 29.3 Å². The van der Waals surface area contributed by atoms with Crippen LogP contribution in [0, 0.1) is 11.2 Å². The van der Waals surface area contributed by atoms with Gasteiger partial charge in [0.15, 0.2) is 6.10 Å². The number of hydrogen-bond acceptors (Lipinski definition) is 7. The van der Waals surface area contributed by atoms with Crippen molar-refractivity contribution < 1.29 is 37.7 Å². The van der Waals surface area contributed by atoms with E-state index in [9.17, 15) is 18.8 Å². The Labute approximate surface area is 279 Å². The summed E-state index contributed by atoms with van der Waals surface area (Å²) in [5.41, 5.74) is 0.456. The second-order valence-electron chi connectivity index (χ2n) is 12.9. The molecule has 1 fully saturated rings. The number of benzene rings is 3. The molecule has 1 saturated heterocycles. The van der Waals surface area contributed by atoms with E-state index in [4.69, 9.17) is 30.5 Å². The molecule has 3 aromatic carbocycles. The van der Waals surface area contributed by atoms with E-state index in [1.54, 1.807) is 56.9 Å². The van der Waals surface area contributed by atoms with Gasteiger partial charge in [-0.2, -0.15) is 0 Å². The number of hydrogen-bond donors (Lipinski definition) is 0. The van der Waals surface area contributed by atoms with Crippen molar-refractivity contribution in [2.24, 2.45) is 5.41 Å². The van der Waals surface area contributed by atoms with Gasteiger partial charge in [0.1, 0.15) is 29.5 Å². The molecular weight excluding hydrogens is 627 g/mol. The van der Waals surface area contributed by atoms with E-state index in [0.717, 1.165) is 11.1 Å². The number of carbonyl (C=O) groups excluding carboxylic acids is 3. The highest BCUT2D eigenvalue weighted by Gasteiger charge is 2.46. The molecule has 0 aliphatic carbocycles. The number of piperidine rings is 1. The smallest absolute Gasteiger partial charge is 0.415 e. The molecule has 5 rings (SSSR count). The Hall–Kier alpha value is -4.31. The fraction of sp³-hybridized carbons (Fsp3) is 0.417. The van der Waals surface area contributed by atoms with Crippen molar-refractivity contribution in [3.8, 4) is 11.5 Å². The van der Waals surface area contributed by atoms with Crippen LogP contribution in [0.25, 0.3) is 0 Å². The van der Waals surface area contributed by atoms with Crippen molar-refractivity contribution in [1.29, 1.82) is 0 Å². The van der Waals surface area contributed by atoms with E-state index < -0.39 is 23.2 Å². The number of carbonyl (C=O) groups is 3. The van der Waals surface area contributed by atoms with Gasteiger partial charge in [-0.05, 0) is 76.3 Å². The molecule has 2 aliphatic heterocycles. The van der Waals surface area contributed by atoms with Gasteiger partial charge in [0.25, 0.3) is 5.91 Å². The third kappa shape index (κ3) is 8.16. The molecule has 0 saturated carbocycles. The fourth-order valence-electron chi connectivity index (χ4n) is 5.84. The van der Waals surface area contributed by atoms with Gasteiger partial charge in [-0.1, -0.05) is 54.1 Å². The zero-order chi connectivity index (χ0) is 33.8. The summed E-state index contributed by atoms with van der Waals surface area (Å²) in [6.07, 6.45) is -0.638. The Morgan fingerprint density at radius 3 is 2.32 bits per heavy atom. The molecule has 0 bridgehead atoms. The van der Waals surface area contributed by atoms with E-state index >= 15 is 0 Å². The van der Waals surface area contributed by atoms with Gasteiger partial charge >= 0.3 is 12.1 Å². The lowest BCUT2D eigenvalue weighted by molar-refractivity contribution is -0.161. The molecule has 2 amide bonds. The van der Waals surface area contributed by atoms with E-state index in [-0.39, 0.29) is 61.3 Å². The molecule has 0 spiro atoms. The summed E-state index contributed by atoms with van der Waals surface area (Å²) >= 11 is 6.60. The molecular formula is C36H40ClFN2O7. The quantitative estimate of drug-likeness (QED) is 0.240. The van der Waals surface area contributed by atoms with E-state index in [1.807, 2.05) is 30.3 Å². The second kappa shape index (κ2) is 14.2. The summed E-state index contributed by atoms with van der Waals surface area (Å²) < 4.78 is 36.9. The lowest BCUT2D eigenvalue weighted by Gasteiger charge is -2.42. The molecule has 2 heterocycles. The first-order valence-electron chi connectivity index (χ1n) is 15.8. The molecule has 9 nitrogen and oxygen atoms in total. The third-order valence-electron chi connectivity index (χ3n) is 8.24. The standard InChI is InChI=1S/C36H40ClFN2O7/c1-5-44-33(42)36(21-24-11-13-26(38)14-12-24)15-17-39(18-16-36)32(41)31-22-40(34(43)47-35(2,3)4)28-19-27(37)29(20-30(28)46-31)45-23-25-9-7-6-8-10-25/h6-14,19-20,31H,5,15-18,21-23H2,1-4H3. The SMILES string of the molecule is CCOC(=O)C1(Cc2ccc(F)cc2)CCN(C(=O)C2CN(C(=O)OC(C)(C)C)c3cc(Cl)c(OCc4ccccc4)cc3O2)CC1. The van der Waals surface area contributed by atoms with Crippen LogP contribution < -0.4 is 14.4 Å². The van der Waals surface area contributed by atoms with Crippen molar-refractivity contribution in [3.63, 3.8) is 0 Å². The third-order valence-corrected chi connectivity index (χ3v) is 8.54. The average molecular weight is 667 g/mol. The first-order chi connectivity index (χ1) is 22.4. The maximum atomic E-state index is 14.0. The molecule has 250 valence electrons. The van der Waals surface area contributed by atoms with E-state index in [2.05, 4.69) is 0 Å². The Morgan fingerprint density at radius 2 is 1.68 bits per heavy atom. The van der Waals surface area contributed by atoms with Gasteiger partial charge in [-0.25, -0.2) is 9.18 Å². The summed E-state index contributed by atoms with van der Waals surface area (Å²) in [7, 11) is 0. The summed E-state index contributed by atoms with van der Waals surface area (Å²) in [6, 6.07) is 18.8. The summed E-state index contributed by atoms with van der Waals surface area (Å²) in [5.74, 6) is -0.432. The zero-order valence-electron chi connectivity index (χ0n) is 27.1. The van der Waals surface area contributed by atoms with Gasteiger partial charge in [0.2, 0.25) is 0 Å². The van der Waals surface area contributed by atoms with Crippen LogP contribution in [-0.2, 0) is 32.1 Å². The van der Waals surface area contributed by atoms with Crippen LogP contribution in [0.15, 0.2) is 66.7 Å². The first kappa shape index (κ1) is 34.0. The average Bonchev–Trinajstić information content (AvgIpc) is 3.04. The lowest BCUT2D eigenvalue weighted by atomic mass is 9.73. The Balaban J connectivity index is 1.36. The molecule has 11 heteroatoms. The summed E-state index contributed by atoms with van der Waals surface area (Å²) in [5, 5.41) is 0.272. The monoisotopic (exact) mass is 666 g/mol. The maximum absolute atomic E-state index is 14.0. The molecule has 47 heavy (non-hydrogen) atoms. The van der Waals surface area contributed by atoms with Crippen molar-refractivity contribution >= 4 is 35.3 Å². The topological polar surface area (TPSA) is 94.6 Å². The number of halogens is 2. The van der Waals surface area contributed by atoms with Crippen LogP contribution in [0.2, 0.25) is 5.02 Å². The van der Waals surface area contributed by atoms with Crippen molar-refractivity contribution in [3.05, 3.63) is 88.7 Å². The number of rotatable bonds is 8. The van der Waals surface area contributed by atoms with Crippen molar-refractivity contribution in [1.82, 2.24) is 4.90 Å². The predicted octanol–water partition coefficient (Wildman–Crippen LogP) is 6.98. The predicted molar refractivity (Wildman–Crippen MR) is 175 cm³/mol. The number of ether oxygens (including phenoxy) is 4. The first-order valence-corrected chi connectivity index (χ1v) is 16.1.